The summed E-state index contributed by atoms with van der Waals surface area (Å²) in [4.78, 5) is 24.7. The molecule has 2 aromatic rings. The molecule has 0 bridgehead atoms. The van der Waals surface area contributed by atoms with E-state index in [1.54, 1.807) is 0 Å². The predicted octanol–water partition coefficient (Wildman–Crippen LogP) is 10.4. The Bertz CT molecular complexity index is 1320. The summed E-state index contributed by atoms with van der Waals surface area (Å²) in [5.41, 5.74) is -3.42. The van der Waals surface area contributed by atoms with Gasteiger partial charge < -0.3 is 4.74 Å². The van der Waals surface area contributed by atoms with Crippen LogP contribution in [0.15, 0.2) is 36.4 Å². The summed E-state index contributed by atoms with van der Waals surface area (Å²) in [6, 6.07) is 3.82. The minimum absolute atomic E-state index is 0.120. The molecule has 232 valence electrons. The first-order valence-electron chi connectivity index (χ1n) is 11.7. The van der Waals surface area contributed by atoms with Crippen LogP contribution in [0.3, 0.4) is 0 Å². The normalized spacial score (nSPS) is 14.5. The molecule has 0 amide bonds. The Morgan fingerprint density at radius 1 is 0.952 bits per heavy atom. The van der Waals surface area contributed by atoms with Crippen molar-refractivity contribution in [3.63, 3.8) is 0 Å². The number of alkyl halides is 9. The average Bonchev–Trinajstić information content (AvgIpc) is 2.85. The maximum absolute atomic E-state index is 14.1. The third-order valence-corrected chi connectivity index (χ3v) is 7.87. The van der Waals surface area contributed by atoms with Gasteiger partial charge in [0.15, 0.2) is 10.9 Å². The Hall–Kier alpha value is -2.09. The first-order valence-corrected chi connectivity index (χ1v) is 13.8. The van der Waals surface area contributed by atoms with Crippen LogP contribution < -0.4 is 0 Å². The van der Waals surface area contributed by atoms with Crippen molar-refractivity contribution < 1.29 is 53.8 Å². The summed E-state index contributed by atoms with van der Waals surface area (Å²) in [7, 11) is 0. The lowest BCUT2D eigenvalue weighted by molar-refractivity contribution is -0.140. The van der Waals surface area contributed by atoms with Crippen molar-refractivity contribution in [2.45, 2.75) is 44.7 Å². The Morgan fingerprint density at radius 3 is 2.00 bits per heavy atom. The smallest absolute Gasteiger partial charge is 0.417 e. The van der Waals surface area contributed by atoms with Crippen LogP contribution in [0.1, 0.15) is 53.2 Å². The van der Waals surface area contributed by atoms with Crippen LogP contribution >= 0.6 is 46.6 Å². The van der Waals surface area contributed by atoms with Crippen LogP contribution in [-0.4, -0.2) is 35.6 Å². The number of Topliss-reactive ketones (excluding diaryl/α,β-unsaturated/α-hetero) is 1. The maximum atomic E-state index is 14.1. The van der Waals surface area contributed by atoms with E-state index in [0.717, 1.165) is 25.1 Å². The molecular weight excluding hydrogens is 670 g/mol. The zero-order chi connectivity index (χ0) is 32.2. The van der Waals surface area contributed by atoms with Gasteiger partial charge in [-0.15, -0.1) is 0 Å². The summed E-state index contributed by atoms with van der Waals surface area (Å²) in [5.74, 6) is -7.16. The highest BCUT2D eigenvalue weighted by atomic mass is 35.5. The van der Waals surface area contributed by atoms with Crippen molar-refractivity contribution in [1.82, 2.24) is 0 Å². The number of hydrogen-bond donors (Lipinski definition) is 0. The van der Waals surface area contributed by atoms with Gasteiger partial charge in [-0.2, -0.15) is 39.5 Å². The number of benzene rings is 2. The highest BCUT2D eigenvalue weighted by molar-refractivity contribution is 8.13. The molecule has 0 aliphatic rings. The molecule has 0 aliphatic carbocycles. The van der Waals surface area contributed by atoms with E-state index in [-0.39, 0.29) is 33.4 Å². The number of hydrogen-bond acceptors (Lipinski definition) is 4. The predicted molar refractivity (Wildman–Crippen MR) is 143 cm³/mol. The van der Waals surface area contributed by atoms with Crippen LogP contribution in [-0.2, 0) is 15.7 Å². The van der Waals surface area contributed by atoms with Crippen LogP contribution in [0.4, 0.5) is 39.5 Å². The monoisotopic (exact) mass is 688 g/mol. The first-order chi connectivity index (χ1) is 19.2. The number of allylic oxidation sites excluding steroid dienone is 1. The molecular formula is C26H20Cl3F9O3S. The van der Waals surface area contributed by atoms with Crippen molar-refractivity contribution in [1.29, 1.82) is 0 Å². The number of ether oxygens (including phenoxy) is 1. The Balaban J connectivity index is 2.55. The topological polar surface area (TPSA) is 43.4 Å². The third kappa shape index (κ3) is 9.99. The van der Waals surface area contributed by atoms with E-state index >= 15 is 0 Å². The largest absolute Gasteiger partial charge is 0.494 e. The summed E-state index contributed by atoms with van der Waals surface area (Å²) in [5, 5.41) is -1.85. The van der Waals surface area contributed by atoms with Gasteiger partial charge in [0.05, 0.1) is 33.0 Å². The van der Waals surface area contributed by atoms with Gasteiger partial charge in [0, 0.05) is 23.5 Å². The van der Waals surface area contributed by atoms with Crippen molar-refractivity contribution in [2.75, 3.05) is 12.4 Å². The molecule has 3 nitrogen and oxygen atoms in total. The summed E-state index contributed by atoms with van der Waals surface area (Å²) in [6.45, 7) is 2.22. The second-order valence-electron chi connectivity index (χ2n) is 8.79. The highest BCUT2D eigenvalue weighted by Crippen LogP contribution is 2.43. The SMILES string of the molecule is CCO/C(=C\C(c1cc(Cl)c(Cl)c(Cl)c1)C(F)(F)F)c1ccc(C(=O)C[C@H](C)C(=O)SCC(F)(F)F)c(C(F)(F)F)c1. The van der Waals surface area contributed by atoms with Crippen molar-refractivity contribution in [3.05, 3.63) is 73.7 Å². The van der Waals surface area contributed by atoms with E-state index in [2.05, 4.69) is 0 Å². The van der Waals surface area contributed by atoms with Crippen molar-refractivity contribution >= 4 is 63.2 Å². The Morgan fingerprint density at radius 2 is 1.52 bits per heavy atom. The van der Waals surface area contributed by atoms with Crippen molar-refractivity contribution in [2.24, 2.45) is 5.92 Å². The first kappa shape index (κ1) is 36.1. The number of carbonyl (C=O) groups is 2. The molecule has 0 fully saturated rings. The fourth-order valence-electron chi connectivity index (χ4n) is 3.61. The van der Waals surface area contributed by atoms with Crippen molar-refractivity contribution in [3.8, 4) is 0 Å². The van der Waals surface area contributed by atoms with Gasteiger partial charge in [0.1, 0.15) is 11.7 Å². The van der Waals surface area contributed by atoms with E-state index in [9.17, 15) is 49.1 Å². The van der Waals surface area contributed by atoms with E-state index in [1.165, 1.54) is 6.92 Å². The molecule has 16 heteroatoms. The van der Waals surface area contributed by atoms with E-state index < -0.39 is 81.4 Å². The number of rotatable bonds is 10. The van der Waals surface area contributed by atoms with Crippen LogP contribution in [0, 0.1) is 5.92 Å². The Labute approximate surface area is 253 Å². The number of ketones is 1. The van der Waals surface area contributed by atoms with Gasteiger partial charge in [-0.3, -0.25) is 9.59 Å². The standard InChI is InChI=1S/C26H20Cl3F9O3S/c1-3-41-21(10-16(25(33,34)35)14-8-18(27)22(29)19(28)9-14)13-4-5-15(17(7-13)26(36,37)38)20(39)6-12(2)23(40)42-11-24(30,31)32/h4-5,7-10,12,16H,3,6,11H2,1-2H3/b21-10-/t12-,16?/m0/s1. The summed E-state index contributed by atoms with van der Waals surface area (Å²) in [6.07, 6.45) is -15.2. The quantitative estimate of drug-likeness (QED) is 0.108. The molecule has 0 aliphatic heterocycles. The van der Waals surface area contributed by atoms with Crippen LogP contribution in [0.5, 0.6) is 0 Å². The summed E-state index contributed by atoms with van der Waals surface area (Å²) >= 11 is 17.4. The average molecular weight is 690 g/mol. The zero-order valence-corrected chi connectivity index (χ0v) is 24.5. The number of halogens is 12. The van der Waals surface area contributed by atoms with Crippen LogP contribution in [0.2, 0.25) is 15.1 Å². The lowest BCUT2D eigenvalue weighted by Crippen LogP contribution is -2.20. The third-order valence-electron chi connectivity index (χ3n) is 5.52. The lowest BCUT2D eigenvalue weighted by Gasteiger charge is -2.21. The lowest BCUT2D eigenvalue weighted by atomic mass is 9.93. The molecule has 2 rings (SSSR count). The fourth-order valence-corrected chi connectivity index (χ4v) is 4.90. The molecule has 0 aromatic heterocycles. The summed E-state index contributed by atoms with van der Waals surface area (Å²) < 4.78 is 127. The zero-order valence-electron chi connectivity index (χ0n) is 21.4. The van der Waals surface area contributed by atoms with E-state index in [0.29, 0.717) is 18.2 Å². The minimum atomic E-state index is -5.18. The number of thioether (sulfide) groups is 1. The van der Waals surface area contributed by atoms with Gasteiger partial charge >= 0.3 is 18.5 Å². The van der Waals surface area contributed by atoms with E-state index in [1.807, 2.05) is 0 Å². The molecule has 1 unspecified atom stereocenters. The second-order valence-corrected chi connectivity index (χ2v) is 11.0. The minimum Gasteiger partial charge on any atom is -0.494 e. The molecule has 0 N–H and O–H groups in total. The second kappa shape index (κ2) is 14.1. The fraction of sp³-hybridized carbons (Fsp3) is 0.385. The van der Waals surface area contributed by atoms with Gasteiger partial charge in [0.25, 0.3) is 0 Å². The van der Waals surface area contributed by atoms with Gasteiger partial charge in [-0.1, -0.05) is 65.6 Å². The maximum Gasteiger partial charge on any atom is 0.417 e. The molecule has 0 saturated carbocycles. The molecule has 0 radical (unpaired) electrons. The van der Waals surface area contributed by atoms with Gasteiger partial charge in [-0.25, -0.2) is 0 Å². The van der Waals surface area contributed by atoms with E-state index in [4.69, 9.17) is 39.5 Å². The molecule has 0 spiro atoms. The molecule has 2 atom stereocenters. The van der Waals surface area contributed by atoms with Crippen LogP contribution in [0.25, 0.3) is 5.76 Å². The highest BCUT2D eigenvalue weighted by Gasteiger charge is 2.41. The Kier molecular flexibility index (Phi) is 12.1. The van der Waals surface area contributed by atoms with Gasteiger partial charge in [0.2, 0.25) is 0 Å². The van der Waals surface area contributed by atoms with Gasteiger partial charge in [-0.05, 0) is 36.8 Å². The number of carbonyl (C=O) groups excluding carboxylic acids is 2. The molecule has 2 aromatic carbocycles. The molecule has 0 heterocycles. The molecule has 0 saturated heterocycles. The molecule has 42 heavy (non-hydrogen) atoms.